The Balaban J connectivity index is 2.92. The summed E-state index contributed by atoms with van der Waals surface area (Å²) in [6, 6.07) is 2.84. The maximum Gasteiger partial charge on any atom is 0.336 e. The number of hydrogen-bond acceptors (Lipinski definition) is 3. The molecule has 2 aromatic rings. The minimum Gasteiger partial charge on any atom is -0.506 e. The maximum atomic E-state index is 10.9. The molecule has 0 unspecified atom stereocenters. The SMILES string of the molecule is O=C(O)c1ccc(O)c2scc(I)c12. The van der Waals surface area contributed by atoms with Crippen molar-refractivity contribution in [3.05, 3.63) is 26.6 Å². The second-order valence-electron chi connectivity index (χ2n) is 2.73. The Bertz CT molecular complexity index is 518. The summed E-state index contributed by atoms with van der Waals surface area (Å²) in [6.45, 7) is 0. The largest absolute Gasteiger partial charge is 0.506 e. The second kappa shape index (κ2) is 3.39. The van der Waals surface area contributed by atoms with Gasteiger partial charge in [0.2, 0.25) is 0 Å². The van der Waals surface area contributed by atoms with Crippen LogP contribution in [0.15, 0.2) is 17.5 Å². The molecule has 0 aliphatic heterocycles. The average molecular weight is 320 g/mol. The van der Waals surface area contributed by atoms with Gasteiger partial charge in [-0.05, 0) is 34.7 Å². The number of phenolic OH excluding ortho intramolecular Hbond substituents is 1. The number of rotatable bonds is 1. The predicted molar refractivity (Wildman–Crippen MR) is 63.2 cm³/mol. The van der Waals surface area contributed by atoms with Crippen LogP contribution in [-0.4, -0.2) is 16.2 Å². The predicted octanol–water partition coefficient (Wildman–Crippen LogP) is 2.91. The molecule has 14 heavy (non-hydrogen) atoms. The van der Waals surface area contributed by atoms with E-state index in [1.54, 1.807) is 0 Å². The molecule has 2 N–H and O–H groups in total. The average Bonchev–Trinajstić information content (AvgIpc) is 2.50. The fraction of sp³-hybridized carbons (Fsp3) is 0. The number of thiophene rings is 1. The van der Waals surface area contributed by atoms with Gasteiger partial charge in [-0.15, -0.1) is 11.3 Å². The van der Waals surface area contributed by atoms with Crippen LogP contribution in [0.25, 0.3) is 10.1 Å². The molecule has 0 bridgehead atoms. The van der Waals surface area contributed by atoms with Crippen molar-refractivity contribution in [2.45, 2.75) is 0 Å². The van der Waals surface area contributed by atoms with E-state index in [0.29, 0.717) is 10.1 Å². The Kier molecular flexibility index (Phi) is 2.36. The standard InChI is InChI=1S/C9H5IO3S/c10-5-3-14-8-6(11)2-1-4(7(5)8)9(12)13/h1-3,11H,(H,12,13). The maximum absolute atomic E-state index is 10.9. The van der Waals surface area contributed by atoms with Gasteiger partial charge in [-0.1, -0.05) is 0 Å². The number of carboxylic acids is 1. The zero-order valence-corrected chi connectivity index (χ0v) is 9.79. The fourth-order valence-electron chi connectivity index (χ4n) is 1.28. The number of halogens is 1. The molecular weight excluding hydrogens is 315 g/mol. The molecule has 3 nitrogen and oxygen atoms in total. The highest BCUT2D eigenvalue weighted by atomic mass is 127. The number of aromatic carboxylic acids is 1. The van der Waals surface area contributed by atoms with Gasteiger partial charge in [0.15, 0.2) is 0 Å². The summed E-state index contributed by atoms with van der Waals surface area (Å²) in [5.74, 6) is -0.829. The van der Waals surface area contributed by atoms with Crippen molar-refractivity contribution in [3.63, 3.8) is 0 Å². The normalized spacial score (nSPS) is 10.6. The molecular formula is C9H5IO3S. The topological polar surface area (TPSA) is 57.5 Å². The van der Waals surface area contributed by atoms with Crippen molar-refractivity contribution < 1.29 is 15.0 Å². The molecule has 0 atom stereocenters. The molecule has 0 fully saturated rings. The van der Waals surface area contributed by atoms with Gasteiger partial charge < -0.3 is 10.2 Å². The molecule has 0 radical (unpaired) electrons. The van der Waals surface area contributed by atoms with Crippen LogP contribution in [0.2, 0.25) is 0 Å². The molecule has 0 aliphatic rings. The molecule has 5 heteroatoms. The lowest BCUT2D eigenvalue weighted by atomic mass is 10.1. The van der Waals surface area contributed by atoms with Crippen molar-refractivity contribution in [2.24, 2.45) is 0 Å². The minimum absolute atomic E-state index is 0.137. The Hall–Kier alpha value is -0.820. The van der Waals surface area contributed by atoms with Crippen LogP contribution in [0.4, 0.5) is 0 Å². The third-order valence-electron chi connectivity index (χ3n) is 1.89. The van der Waals surface area contributed by atoms with E-state index in [1.165, 1.54) is 23.5 Å². The summed E-state index contributed by atoms with van der Waals surface area (Å²) in [6.07, 6.45) is 0. The van der Waals surface area contributed by atoms with E-state index in [2.05, 4.69) is 22.6 Å². The number of benzene rings is 1. The molecule has 0 saturated carbocycles. The lowest BCUT2D eigenvalue weighted by Gasteiger charge is -1.99. The van der Waals surface area contributed by atoms with Gasteiger partial charge in [0, 0.05) is 14.3 Å². The minimum atomic E-state index is -0.966. The second-order valence-corrected chi connectivity index (χ2v) is 4.77. The van der Waals surface area contributed by atoms with E-state index in [4.69, 9.17) is 5.11 Å². The number of carbonyl (C=O) groups is 1. The van der Waals surface area contributed by atoms with E-state index in [0.717, 1.165) is 3.57 Å². The quantitative estimate of drug-likeness (QED) is 0.795. The van der Waals surface area contributed by atoms with Crippen LogP contribution in [0.1, 0.15) is 10.4 Å². The van der Waals surface area contributed by atoms with Gasteiger partial charge in [0.25, 0.3) is 0 Å². The molecule has 1 aromatic carbocycles. The van der Waals surface area contributed by atoms with E-state index >= 15 is 0 Å². The molecule has 1 aromatic heterocycles. The van der Waals surface area contributed by atoms with Crippen LogP contribution in [-0.2, 0) is 0 Å². The third kappa shape index (κ3) is 1.36. The smallest absolute Gasteiger partial charge is 0.336 e. The first-order valence-corrected chi connectivity index (χ1v) is 5.69. The van der Waals surface area contributed by atoms with Crippen LogP contribution in [0.5, 0.6) is 5.75 Å². The van der Waals surface area contributed by atoms with Crippen molar-refractivity contribution >= 4 is 50.0 Å². The van der Waals surface area contributed by atoms with Gasteiger partial charge in [-0.3, -0.25) is 0 Å². The van der Waals surface area contributed by atoms with Crippen LogP contribution < -0.4 is 0 Å². The summed E-state index contributed by atoms with van der Waals surface area (Å²) >= 11 is 3.42. The number of carboxylic acid groups (broad SMARTS) is 1. The van der Waals surface area contributed by atoms with E-state index < -0.39 is 5.97 Å². The highest BCUT2D eigenvalue weighted by Crippen LogP contribution is 2.36. The molecule has 0 amide bonds. The number of fused-ring (bicyclic) bond motifs is 1. The van der Waals surface area contributed by atoms with Crippen molar-refractivity contribution in [3.8, 4) is 5.75 Å². The summed E-state index contributed by atoms with van der Waals surface area (Å²) in [4.78, 5) is 10.9. The van der Waals surface area contributed by atoms with Gasteiger partial charge in [0.05, 0.1) is 10.3 Å². The number of aromatic hydroxyl groups is 1. The fourth-order valence-corrected chi connectivity index (χ4v) is 3.27. The zero-order chi connectivity index (χ0) is 10.3. The molecule has 0 aliphatic carbocycles. The Labute approximate surface area is 97.1 Å². The van der Waals surface area contributed by atoms with E-state index in [1.807, 2.05) is 5.38 Å². The van der Waals surface area contributed by atoms with Gasteiger partial charge in [0.1, 0.15) is 5.75 Å². The first kappa shape index (κ1) is 9.72. The zero-order valence-electron chi connectivity index (χ0n) is 6.82. The molecule has 0 saturated heterocycles. The molecule has 1 heterocycles. The van der Waals surface area contributed by atoms with Crippen LogP contribution >= 0.6 is 33.9 Å². The van der Waals surface area contributed by atoms with Crippen molar-refractivity contribution in [1.82, 2.24) is 0 Å². The van der Waals surface area contributed by atoms with Gasteiger partial charge in [-0.2, -0.15) is 0 Å². The monoisotopic (exact) mass is 320 g/mol. The highest BCUT2D eigenvalue weighted by Gasteiger charge is 2.14. The number of hydrogen-bond donors (Lipinski definition) is 2. The summed E-state index contributed by atoms with van der Waals surface area (Å²) in [5, 5.41) is 20.9. The van der Waals surface area contributed by atoms with Gasteiger partial charge >= 0.3 is 5.97 Å². The highest BCUT2D eigenvalue weighted by molar-refractivity contribution is 14.1. The Morgan fingerprint density at radius 1 is 1.43 bits per heavy atom. The summed E-state index contributed by atoms with van der Waals surface area (Å²) < 4.78 is 1.49. The lowest BCUT2D eigenvalue weighted by Crippen LogP contribution is -1.96. The van der Waals surface area contributed by atoms with Crippen LogP contribution in [0.3, 0.4) is 0 Å². The summed E-state index contributed by atoms with van der Waals surface area (Å²) in [5.41, 5.74) is 0.239. The Morgan fingerprint density at radius 2 is 2.14 bits per heavy atom. The van der Waals surface area contributed by atoms with Crippen LogP contribution in [0, 0.1) is 3.57 Å². The number of phenols is 1. The van der Waals surface area contributed by atoms with Gasteiger partial charge in [-0.25, -0.2) is 4.79 Å². The van der Waals surface area contributed by atoms with Crippen molar-refractivity contribution in [1.29, 1.82) is 0 Å². The lowest BCUT2D eigenvalue weighted by molar-refractivity contribution is 0.0699. The van der Waals surface area contributed by atoms with E-state index in [9.17, 15) is 9.90 Å². The van der Waals surface area contributed by atoms with Crippen molar-refractivity contribution in [2.75, 3.05) is 0 Å². The van der Waals surface area contributed by atoms with E-state index in [-0.39, 0.29) is 11.3 Å². The third-order valence-corrected chi connectivity index (χ3v) is 4.16. The first-order chi connectivity index (χ1) is 6.61. The molecule has 2 rings (SSSR count). The summed E-state index contributed by atoms with van der Waals surface area (Å²) in [7, 11) is 0. The first-order valence-electron chi connectivity index (χ1n) is 3.73. The Morgan fingerprint density at radius 3 is 2.79 bits per heavy atom. The molecule has 0 spiro atoms. The molecule has 72 valence electrons.